The summed E-state index contributed by atoms with van der Waals surface area (Å²) in [4.78, 5) is 17.7. The minimum atomic E-state index is -0.667. The lowest BCUT2D eigenvalue weighted by molar-refractivity contribution is -0.150. The fraction of sp³-hybridized carbons (Fsp3) is 0.571. The zero-order valence-electron chi connectivity index (χ0n) is 11.0. The SMILES string of the molecule is Cc1ccc(CN2CCC(C)(C(=O)O)CC2)cn1. The number of likely N-dealkylation sites (tertiary alicyclic amines) is 1. The van der Waals surface area contributed by atoms with E-state index in [2.05, 4.69) is 16.0 Å². The second kappa shape index (κ2) is 5.06. The van der Waals surface area contributed by atoms with Gasteiger partial charge in [0.15, 0.2) is 0 Å². The molecule has 0 atom stereocenters. The molecule has 1 aliphatic rings. The summed E-state index contributed by atoms with van der Waals surface area (Å²) in [6, 6.07) is 4.11. The second-order valence-electron chi connectivity index (χ2n) is 5.45. The molecule has 0 aromatic carbocycles. The molecule has 4 heteroatoms. The van der Waals surface area contributed by atoms with Crippen molar-refractivity contribution >= 4 is 5.97 Å². The molecule has 1 aliphatic heterocycles. The summed E-state index contributed by atoms with van der Waals surface area (Å²) in [7, 11) is 0. The van der Waals surface area contributed by atoms with E-state index in [1.165, 1.54) is 5.56 Å². The van der Waals surface area contributed by atoms with Gasteiger partial charge in [0.05, 0.1) is 5.41 Å². The van der Waals surface area contributed by atoms with E-state index in [1.54, 1.807) is 0 Å². The Morgan fingerprint density at radius 3 is 2.61 bits per heavy atom. The third kappa shape index (κ3) is 2.88. The first-order valence-corrected chi connectivity index (χ1v) is 6.37. The van der Waals surface area contributed by atoms with Crippen molar-refractivity contribution in [1.29, 1.82) is 0 Å². The van der Waals surface area contributed by atoms with Gasteiger partial charge in [-0.25, -0.2) is 0 Å². The third-order valence-corrected chi connectivity index (χ3v) is 3.85. The molecule has 0 spiro atoms. The fourth-order valence-corrected chi connectivity index (χ4v) is 2.27. The minimum Gasteiger partial charge on any atom is -0.481 e. The van der Waals surface area contributed by atoms with Gasteiger partial charge < -0.3 is 5.11 Å². The number of carbonyl (C=O) groups is 1. The summed E-state index contributed by atoms with van der Waals surface area (Å²) in [5, 5.41) is 9.18. The minimum absolute atomic E-state index is 0.540. The summed E-state index contributed by atoms with van der Waals surface area (Å²) in [6.45, 7) is 6.37. The van der Waals surface area contributed by atoms with Crippen molar-refractivity contribution in [2.24, 2.45) is 5.41 Å². The number of hydrogen-bond donors (Lipinski definition) is 1. The topological polar surface area (TPSA) is 53.4 Å². The van der Waals surface area contributed by atoms with Gasteiger partial charge >= 0.3 is 5.97 Å². The van der Waals surface area contributed by atoms with E-state index >= 15 is 0 Å². The van der Waals surface area contributed by atoms with Gasteiger partial charge in [0, 0.05) is 18.4 Å². The van der Waals surface area contributed by atoms with Crippen molar-refractivity contribution in [3.8, 4) is 0 Å². The van der Waals surface area contributed by atoms with Crippen LogP contribution in [-0.2, 0) is 11.3 Å². The van der Waals surface area contributed by atoms with Crippen LogP contribution in [-0.4, -0.2) is 34.0 Å². The lowest BCUT2D eigenvalue weighted by atomic mass is 9.80. The van der Waals surface area contributed by atoms with Crippen molar-refractivity contribution in [1.82, 2.24) is 9.88 Å². The van der Waals surface area contributed by atoms with Crippen LogP contribution >= 0.6 is 0 Å². The molecule has 2 rings (SSSR count). The molecule has 0 bridgehead atoms. The maximum absolute atomic E-state index is 11.2. The number of piperidine rings is 1. The Morgan fingerprint density at radius 1 is 1.44 bits per heavy atom. The molecule has 0 unspecified atom stereocenters. The van der Waals surface area contributed by atoms with E-state index in [4.69, 9.17) is 0 Å². The van der Waals surface area contributed by atoms with Crippen LogP contribution < -0.4 is 0 Å². The molecule has 1 saturated heterocycles. The number of carboxylic acid groups (broad SMARTS) is 1. The molecular weight excluding hydrogens is 228 g/mol. The highest BCUT2D eigenvalue weighted by molar-refractivity contribution is 5.74. The number of rotatable bonds is 3. The first-order valence-electron chi connectivity index (χ1n) is 6.37. The van der Waals surface area contributed by atoms with Gasteiger partial charge in [-0.3, -0.25) is 14.7 Å². The number of aromatic nitrogens is 1. The van der Waals surface area contributed by atoms with Crippen LogP contribution in [0, 0.1) is 12.3 Å². The Hall–Kier alpha value is -1.42. The van der Waals surface area contributed by atoms with E-state index in [0.29, 0.717) is 0 Å². The van der Waals surface area contributed by atoms with E-state index in [9.17, 15) is 9.90 Å². The van der Waals surface area contributed by atoms with Gasteiger partial charge in [-0.1, -0.05) is 6.07 Å². The van der Waals surface area contributed by atoms with Crippen LogP contribution in [0.1, 0.15) is 31.0 Å². The second-order valence-corrected chi connectivity index (χ2v) is 5.45. The largest absolute Gasteiger partial charge is 0.481 e. The van der Waals surface area contributed by atoms with E-state index in [-0.39, 0.29) is 0 Å². The molecule has 0 saturated carbocycles. The van der Waals surface area contributed by atoms with Crippen molar-refractivity contribution < 1.29 is 9.90 Å². The summed E-state index contributed by atoms with van der Waals surface area (Å²) in [5.74, 6) is -0.667. The lowest BCUT2D eigenvalue weighted by Crippen LogP contribution is -2.42. The number of nitrogens with zero attached hydrogens (tertiary/aromatic N) is 2. The maximum Gasteiger partial charge on any atom is 0.309 e. The van der Waals surface area contributed by atoms with Crippen molar-refractivity contribution in [3.05, 3.63) is 29.6 Å². The van der Waals surface area contributed by atoms with Gasteiger partial charge in [-0.15, -0.1) is 0 Å². The Balaban J connectivity index is 1.91. The first-order chi connectivity index (χ1) is 8.49. The molecule has 0 aliphatic carbocycles. The van der Waals surface area contributed by atoms with Crippen molar-refractivity contribution in [2.45, 2.75) is 33.2 Å². The third-order valence-electron chi connectivity index (χ3n) is 3.85. The quantitative estimate of drug-likeness (QED) is 0.889. The fourth-order valence-electron chi connectivity index (χ4n) is 2.27. The van der Waals surface area contributed by atoms with Gasteiger partial charge in [0.1, 0.15) is 0 Å². The normalized spacial score (nSPS) is 19.7. The number of pyridine rings is 1. The lowest BCUT2D eigenvalue weighted by Gasteiger charge is -2.36. The Bertz CT molecular complexity index is 420. The van der Waals surface area contributed by atoms with Gasteiger partial charge in [0.2, 0.25) is 0 Å². The highest BCUT2D eigenvalue weighted by atomic mass is 16.4. The van der Waals surface area contributed by atoms with Crippen molar-refractivity contribution in [2.75, 3.05) is 13.1 Å². The number of aliphatic carboxylic acids is 1. The summed E-state index contributed by atoms with van der Waals surface area (Å²) in [5.41, 5.74) is 1.68. The smallest absolute Gasteiger partial charge is 0.309 e. The molecule has 0 radical (unpaired) electrons. The Kier molecular flexibility index (Phi) is 3.66. The molecule has 1 aromatic heterocycles. The van der Waals surface area contributed by atoms with E-state index < -0.39 is 11.4 Å². The van der Waals surface area contributed by atoms with E-state index in [0.717, 1.165) is 38.2 Å². The molecule has 2 heterocycles. The predicted molar refractivity (Wildman–Crippen MR) is 69.2 cm³/mol. The zero-order chi connectivity index (χ0) is 13.2. The average molecular weight is 248 g/mol. The monoisotopic (exact) mass is 248 g/mol. The number of aryl methyl sites for hydroxylation is 1. The van der Waals surface area contributed by atoms with Crippen molar-refractivity contribution in [3.63, 3.8) is 0 Å². The molecular formula is C14H20N2O2. The van der Waals surface area contributed by atoms with Crippen LogP contribution in [0.3, 0.4) is 0 Å². The van der Waals surface area contributed by atoms with Crippen LogP contribution in [0.2, 0.25) is 0 Å². The van der Waals surface area contributed by atoms with Gasteiger partial charge in [-0.2, -0.15) is 0 Å². The number of carboxylic acids is 1. The molecule has 98 valence electrons. The van der Waals surface area contributed by atoms with Gasteiger partial charge in [0.25, 0.3) is 0 Å². The van der Waals surface area contributed by atoms with Crippen LogP contribution in [0.25, 0.3) is 0 Å². The Morgan fingerprint density at radius 2 is 2.11 bits per heavy atom. The molecule has 1 N–H and O–H groups in total. The zero-order valence-corrected chi connectivity index (χ0v) is 11.0. The van der Waals surface area contributed by atoms with Gasteiger partial charge in [-0.05, 0) is 51.4 Å². The highest BCUT2D eigenvalue weighted by Gasteiger charge is 2.36. The van der Waals surface area contributed by atoms with E-state index in [1.807, 2.05) is 26.1 Å². The molecule has 1 aromatic rings. The molecule has 0 amide bonds. The molecule has 18 heavy (non-hydrogen) atoms. The van der Waals surface area contributed by atoms with Crippen LogP contribution in [0.5, 0.6) is 0 Å². The summed E-state index contributed by atoms with van der Waals surface area (Å²) < 4.78 is 0. The first kappa shape index (κ1) is 13.0. The molecule has 4 nitrogen and oxygen atoms in total. The van der Waals surface area contributed by atoms with Crippen LogP contribution in [0.15, 0.2) is 18.3 Å². The Labute approximate surface area is 108 Å². The standard InChI is InChI=1S/C14H20N2O2/c1-11-3-4-12(9-15-11)10-16-7-5-14(2,6-8-16)13(17)18/h3-4,9H,5-8,10H2,1-2H3,(H,17,18). The predicted octanol–water partition coefficient (Wildman–Crippen LogP) is 2.08. The average Bonchev–Trinajstić information content (AvgIpc) is 2.35. The molecule has 1 fully saturated rings. The summed E-state index contributed by atoms with van der Waals surface area (Å²) >= 11 is 0. The maximum atomic E-state index is 11.2. The highest BCUT2D eigenvalue weighted by Crippen LogP contribution is 2.31. The summed E-state index contributed by atoms with van der Waals surface area (Å²) in [6.07, 6.45) is 3.35. The van der Waals surface area contributed by atoms with Crippen LogP contribution in [0.4, 0.5) is 0 Å². The number of hydrogen-bond acceptors (Lipinski definition) is 3.